The van der Waals surface area contributed by atoms with E-state index in [4.69, 9.17) is 9.72 Å². The monoisotopic (exact) mass is 415 g/mol. The second-order valence-electron chi connectivity index (χ2n) is 7.29. The number of morpholine rings is 1. The van der Waals surface area contributed by atoms with Gasteiger partial charge < -0.3 is 19.9 Å². The molecule has 2 aromatic rings. The van der Waals surface area contributed by atoms with Crippen LogP contribution in [0.4, 0.5) is 5.82 Å². The number of aromatic nitrogens is 2. The number of likely N-dealkylation sites (N-methyl/N-ethyl adjacent to an activating group) is 1. The summed E-state index contributed by atoms with van der Waals surface area (Å²) in [6.45, 7) is 6.65. The van der Waals surface area contributed by atoms with E-state index in [1.165, 1.54) is 0 Å². The summed E-state index contributed by atoms with van der Waals surface area (Å²) in [7, 11) is 3.97. The number of carbonyl (C=O) groups is 1. The lowest BCUT2D eigenvalue weighted by Crippen LogP contribution is -2.36. The zero-order valence-corrected chi connectivity index (χ0v) is 18.2. The third-order valence-corrected chi connectivity index (χ3v) is 5.50. The molecule has 1 aromatic heterocycles. The lowest BCUT2D eigenvalue weighted by atomic mass is 10.1. The van der Waals surface area contributed by atoms with Crippen LogP contribution in [0.5, 0.6) is 0 Å². The maximum atomic E-state index is 12.2. The number of hydrogen-bond donors (Lipinski definition) is 1. The molecule has 1 N–H and O–H groups in total. The normalized spacial score (nSPS) is 14.3. The van der Waals surface area contributed by atoms with Gasteiger partial charge in [-0.15, -0.1) is 0 Å². The van der Waals surface area contributed by atoms with Gasteiger partial charge in [0, 0.05) is 49.3 Å². The van der Waals surface area contributed by atoms with Crippen LogP contribution in [-0.2, 0) is 10.5 Å². The number of rotatable bonds is 8. The van der Waals surface area contributed by atoms with Crippen LogP contribution in [0.25, 0.3) is 0 Å². The van der Waals surface area contributed by atoms with Crippen molar-refractivity contribution in [2.75, 3.05) is 58.4 Å². The fraction of sp³-hybridized carbons (Fsp3) is 0.476. The van der Waals surface area contributed by atoms with Crippen molar-refractivity contribution >= 4 is 23.5 Å². The topological polar surface area (TPSA) is 70.6 Å². The number of carbonyl (C=O) groups excluding carboxylic acids is 1. The van der Waals surface area contributed by atoms with Gasteiger partial charge in [0.15, 0.2) is 5.16 Å². The third-order valence-electron chi connectivity index (χ3n) is 4.58. The first kappa shape index (κ1) is 21.5. The van der Waals surface area contributed by atoms with Gasteiger partial charge in [-0.2, -0.15) is 0 Å². The first-order valence-corrected chi connectivity index (χ1v) is 10.8. The van der Waals surface area contributed by atoms with E-state index >= 15 is 0 Å². The van der Waals surface area contributed by atoms with E-state index in [9.17, 15) is 4.79 Å². The van der Waals surface area contributed by atoms with Crippen molar-refractivity contribution in [2.45, 2.75) is 17.8 Å². The molecule has 7 nitrogen and oxygen atoms in total. The van der Waals surface area contributed by atoms with Crippen LogP contribution in [0.2, 0.25) is 0 Å². The smallest absolute Gasteiger partial charge is 0.251 e. The van der Waals surface area contributed by atoms with E-state index < -0.39 is 0 Å². The number of thioether (sulfide) groups is 1. The van der Waals surface area contributed by atoms with Gasteiger partial charge >= 0.3 is 0 Å². The molecule has 1 fully saturated rings. The van der Waals surface area contributed by atoms with Crippen LogP contribution in [0.3, 0.4) is 0 Å². The van der Waals surface area contributed by atoms with Crippen LogP contribution in [-0.4, -0.2) is 74.3 Å². The molecule has 0 atom stereocenters. The minimum atomic E-state index is -0.0387. The number of aryl methyl sites for hydroxylation is 1. The van der Waals surface area contributed by atoms with E-state index in [0.29, 0.717) is 12.1 Å². The first-order chi connectivity index (χ1) is 14.0. The molecule has 0 radical (unpaired) electrons. The van der Waals surface area contributed by atoms with Crippen molar-refractivity contribution in [1.29, 1.82) is 0 Å². The largest absolute Gasteiger partial charge is 0.378 e. The lowest BCUT2D eigenvalue weighted by molar-refractivity contribution is 0.0951. The van der Waals surface area contributed by atoms with Crippen LogP contribution in [0.15, 0.2) is 35.5 Å². The van der Waals surface area contributed by atoms with Crippen LogP contribution in [0.1, 0.15) is 21.6 Å². The highest BCUT2D eigenvalue weighted by Crippen LogP contribution is 2.23. The molecule has 0 saturated carbocycles. The second kappa shape index (κ2) is 10.6. The summed E-state index contributed by atoms with van der Waals surface area (Å²) >= 11 is 1.61. The highest BCUT2D eigenvalue weighted by Gasteiger charge is 2.14. The zero-order valence-electron chi connectivity index (χ0n) is 17.4. The number of amides is 1. The summed E-state index contributed by atoms with van der Waals surface area (Å²) in [5.74, 6) is 1.69. The summed E-state index contributed by atoms with van der Waals surface area (Å²) in [6, 6.07) is 9.76. The van der Waals surface area contributed by atoms with E-state index in [1.807, 2.05) is 56.3 Å². The van der Waals surface area contributed by atoms with Crippen molar-refractivity contribution in [1.82, 2.24) is 20.2 Å². The molecule has 8 heteroatoms. The minimum absolute atomic E-state index is 0.0387. The molecular formula is C21H29N5O2S. The van der Waals surface area contributed by atoms with Gasteiger partial charge in [-0.1, -0.05) is 23.9 Å². The third kappa shape index (κ3) is 6.69. The Morgan fingerprint density at radius 3 is 2.62 bits per heavy atom. The van der Waals surface area contributed by atoms with Crippen LogP contribution >= 0.6 is 11.8 Å². The van der Waals surface area contributed by atoms with Crippen molar-refractivity contribution < 1.29 is 9.53 Å². The zero-order chi connectivity index (χ0) is 20.6. The summed E-state index contributed by atoms with van der Waals surface area (Å²) in [5.41, 5.74) is 2.78. The van der Waals surface area contributed by atoms with Gasteiger partial charge in [0.25, 0.3) is 5.91 Å². The maximum absolute atomic E-state index is 12.2. The van der Waals surface area contributed by atoms with Gasteiger partial charge in [-0.05, 0) is 38.7 Å². The molecule has 1 aliphatic rings. The molecule has 1 aromatic carbocycles. The summed E-state index contributed by atoms with van der Waals surface area (Å²) in [5, 5.41) is 3.71. The lowest BCUT2D eigenvalue weighted by Gasteiger charge is -2.28. The Morgan fingerprint density at radius 1 is 1.21 bits per heavy atom. The van der Waals surface area contributed by atoms with Gasteiger partial charge in [0.2, 0.25) is 0 Å². The summed E-state index contributed by atoms with van der Waals surface area (Å²) in [6.07, 6.45) is 0. The molecule has 0 bridgehead atoms. The molecule has 0 spiro atoms. The average molecular weight is 416 g/mol. The number of nitrogens with one attached hydrogen (secondary N) is 1. The molecule has 0 aliphatic carbocycles. The number of ether oxygens (including phenoxy) is 1. The van der Waals surface area contributed by atoms with Gasteiger partial charge in [-0.25, -0.2) is 9.97 Å². The Hall–Kier alpha value is -2.16. The Bertz CT molecular complexity index is 807. The Kier molecular flexibility index (Phi) is 7.85. The maximum Gasteiger partial charge on any atom is 0.251 e. The predicted octanol–water partition coefficient (Wildman–Crippen LogP) is 2.21. The Labute approximate surface area is 176 Å². The van der Waals surface area contributed by atoms with Gasteiger partial charge in [0.1, 0.15) is 5.82 Å². The Balaban J connectivity index is 1.56. The summed E-state index contributed by atoms with van der Waals surface area (Å²) < 4.78 is 5.42. The molecule has 29 heavy (non-hydrogen) atoms. The van der Waals surface area contributed by atoms with Crippen LogP contribution < -0.4 is 10.2 Å². The second-order valence-corrected chi connectivity index (χ2v) is 8.24. The Morgan fingerprint density at radius 2 is 1.93 bits per heavy atom. The van der Waals surface area contributed by atoms with Crippen molar-refractivity contribution in [3.63, 3.8) is 0 Å². The van der Waals surface area contributed by atoms with E-state index in [2.05, 4.69) is 15.2 Å². The molecule has 3 rings (SSSR count). The highest BCUT2D eigenvalue weighted by atomic mass is 32.2. The number of nitrogens with zero attached hydrogens (tertiary/aromatic N) is 4. The molecule has 156 valence electrons. The molecule has 2 heterocycles. The quantitative estimate of drug-likeness (QED) is 0.524. The van der Waals surface area contributed by atoms with Crippen molar-refractivity contribution in [3.8, 4) is 0 Å². The average Bonchev–Trinajstić information content (AvgIpc) is 2.72. The predicted molar refractivity (Wildman–Crippen MR) is 117 cm³/mol. The first-order valence-electron chi connectivity index (χ1n) is 9.84. The van der Waals surface area contributed by atoms with E-state index in [0.717, 1.165) is 60.8 Å². The number of benzene rings is 1. The number of anilines is 1. The fourth-order valence-electron chi connectivity index (χ4n) is 2.94. The standard InChI is InChI=1S/C21H29N5O2S/c1-16-14-19(26-10-12-28-13-11-26)24-21(23-16)29-15-17-4-6-18(7-5-17)20(27)22-8-9-25(2)3/h4-7,14H,8-13,15H2,1-3H3,(H,22,27). The van der Waals surface area contributed by atoms with E-state index in [1.54, 1.807) is 11.8 Å². The molecule has 1 saturated heterocycles. The minimum Gasteiger partial charge on any atom is -0.378 e. The molecule has 1 aliphatic heterocycles. The SMILES string of the molecule is Cc1cc(N2CCOCC2)nc(SCc2ccc(C(=O)NCCN(C)C)cc2)n1. The van der Waals surface area contributed by atoms with Crippen LogP contribution in [0, 0.1) is 6.92 Å². The van der Waals surface area contributed by atoms with E-state index in [-0.39, 0.29) is 5.91 Å². The molecule has 0 unspecified atom stereocenters. The molecule has 1 amide bonds. The number of hydrogen-bond acceptors (Lipinski definition) is 7. The fourth-order valence-corrected chi connectivity index (χ4v) is 3.79. The molecular weight excluding hydrogens is 386 g/mol. The summed E-state index contributed by atoms with van der Waals surface area (Å²) in [4.78, 5) is 25.7. The highest BCUT2D eigenvalue weighted by molar-refractivity contribution is 7.98. The van der Waals surface area contributed by atoms with Gasteiger partial charge in [0.05, 0.1) is 13.2 Å². The van der Waals surface area contributed by atoms with Crippen molar-refractivity contribution in [2.24, 2.45) is 0 Å². The van der Waals surface area contributed by atoms with Gasteiger partial charge in [-0.3, -0.25) is 4.79 Å². The van der Waals surface area contributed by atoms with Crippen molar-refractivity contribution in [3.05, 3.63) is 47.2 Å².